The van der Waals surface area contributed by atoms with E-state index >= 15 is 0 Å². The molecule has 0 bridgehead atoms. The third kappa shape index (κ3) is 4.23. The highest BCUT2D eigenvalue weighted by molar-refractivity contribution is 7.80. The molecule has 3 rings (SSSR count). The predicted molar refractivity (Wildman–Crippen MR) is 104 cm³/mol. The lowest BCUT2D eigenvalue weighted by molar-refractivity contribution is 0.578. The SMILES string of the molecule is Cc1cccc(NC(=S)Nc2ccccc2N2CCCCC2)c1. The molecule has 0 atom stereocenters. The Morgan fingerprint density at radius 2 is 1.74 bits per heavy atom. The van der Waals surface area contributed by atoms with Gasteiger partial charge in [-0.15, -0.1) is 0 Å². The molecule has 2 N–H and O–H groups in total. The number of hydrogen-bond acceptors (Lipinski definition) is 2. The average Bonchev–Trinajstić information content (AvgIpc) is 2.56. The summed E-state index contributed by atoms with van der Waals surface area (Å²) in [6, 6.07) is 16.6. The number of para-hydroxylation sites is 2. The van der Waals surface area contributed by atoms with Crippen molar-refractivity contribution >= 4 is 34.4 Å². The smallest absolute Gasteiger partial charge is 0.175 e. The Kier molecular flexibility index (Phi) is 5.13. The molecule has 120 valence electrons. The summed E-state index contributed by atoms with van der Waals surface area (Å²) < 4.78 is 0. The van der Waals surface area contributed by atoms with Gasteiger partial charge in [0.2, 0.25) is 0 Å². The summed E-state index contributed by atoms with van der Waals surface area (Å²) in [5.74, 6) is 0. The predicted octanol–water partition coefficient (Wildman–Crippen LogP) is 4.79. The van der Waals surface area contributed by atoms with Gasteiger partial charge in [0, 0.05) is 18.8 Å². The highest BCUT2D eigenvalue weighted by Gasteiger charge is 2.14. The molecule has 1 aliphatic heterocycles. The zero-order valence-electron chi connectivity index (χ0n) is 13.5. The molecule has 0 aromatic heterocycles. The van der Waals surface area contributed by atoms with Gasteiger partial charge in [0.05, 0.1) is 11.4 Å². The van der Waals surface area contributed by atoms with Crippen LogP contribution in [0.1, 0.15) is 24.8 Å². The van der Waals surface area contributed by atoms with Crippen LogP contribution in [0.15, 0.2) is 48.5 Å². The van der Waals surface area contributed by atoms with Crippen LogP contribution >= 0.6 is 12.2 Å². The van der Waals surface area contributed by atoms with Crippen LogP contribution in [-0.4, -0.2) is 18.2 Å². The van der Waals surface area contributed by atoms with Gasteiger partial charge in [0.1, 0.15) is 0 Å². The first-order valence-corrected chi connectivity index (χ1v) is 8.62. The number of anilines is 3. The highest BCUT2D eigenvalue weighted by Crippen LogP contribution is 2.28. The first-order chi connectivity index (χ1) is 11.2. The number of piperidine rings is 1. The van der Waals surface area contributed by atoms with Crippen molar-refractivity contribution in [3.8, 4) is 0 Å². The van der Waals surface area contributed by atoms with Crippen molar-refractivity contribution in [1.29, 1.82) is 0 Å². The lowest BCUT2D eigenvalue weighted by Crippen LogP contribution is -2.30. The van der Waals surface area contributed by atoms with Crippen molar-refractivity contribution in [1.82, 2.24) is 0 Å². The maximum absolute atomic E-state index is 5.48. The Morgan fingerprint density at radius 1 is 0.957 bits per heavy atom. The van der Waals surface area contributed by atoms with E-state index in [9.17, 15) is 0 Å². The number of hydrogen-bond donors (Lipinski definition) is 2. The standard InChI is InChI=1S/C19H23N3S/c1-15-8-7-9-16(14-15)20-19(23)21-17-10-3-4-11-18(17)22-12-5-2-6-13-22/h3-4,7-11,14H,2,5-6,12-13H2,1H3,(H2,20,21,23). The van der Waals surface area contributed by atoms with E-state index < -0.39 is 0 Å². The summed E-state index contributed by atoms with van der Waals surface area (Å²) in [5, 5.41) is 7.24. The second-order valence-corrected chi connectivity index (χ2v) is 6.42. The van der Waals surface area contributed by atoms with Crippen molar-refractivity contribution in [2.24, 2.45) is 0 Å². The van der Waals surface area contributed by atoms with E-state index in [0.717, 1.165) is 24.5 Å². The van der Waals surface area contributed by atoms with E-state index in [4.69, 9.17) is 12.2 Å². The summed E-state index contributed by atoms with van der Waals surface area (Å²) in [5.41, 5.74) is 4.53. The van der Waals surface area contributed by atoms with Gasteiger partial charge in [0.25, 0.3) is 0 Å². The number of nitrogens with one attached hydrogen (secondary N) is 2. The van der Waals surface area contributed by atoms with E-state index in [0.29, 0.717) is 5.11 Å². The number of nitrogens with zero attached hydrogens (tertiary/aromatic N) is 1. The number of thiocarbonyl (C=S) groups is 1. The molecule has 4 heteroatoms. The molecule has 3 nitrogen and oxygen atoms in total. The summed E-state index contributed by atoms with van der Waals surface area (Å²) in [7, 11) is 0. The Balaban J connectivity index is 1.71. The van der Waals surface area contributed by atoms with Crippen LogP contribution in [0.2, 0.25) is 0 Å². The molecular formula is C19H23N3S. The molecule has 1 aliphatic rings. The molecule has 0 saturated carbocycles. The number of aryl methyl sites for hydroxylation is 1. The molecule has 0 spiro atoms. The van der Waals surface area contributed by atoms with Gasteiger partial charge in [-0.1, -0.05) is 24.3 Å². The van der Waals surface area contributed by atoms with Crippen molar-refractivity contribution in [3.05, 3.63) is 54.1 Å². The highest BCUT2D eigenvalue weighted by atomic mass is 32.1. The molecular weight excluding hydrogens is 302 g/mol. The largest absolute Gasteiger partial charge is 0.370 e. The van der Waals surface area contributed by atoms with Crippen LogP contribution in [0.4, 0.5) is 17.1 Å². The second kappa shape index (κ2) is 7.47. The molecule has 1 heterocycles. The number of benzene rings is 2. The lowest BCUT2D eigenvalue weighted by atomic mass is 10.1. The van der Waals surface area contributed by atoms with E-state index in [2.05, 4.69) is 52.8 Å². The molecule has 0 amide bonds. The fourth-order valence-electron chi connectivity index (χ4n) is 3.00. The third-order valence-electron chi connectivity index (χ3n) is 4.12. The van der Waals surface area contributed by atoms with Crippen LogP contribution in [0, 0.1) is 6.92 Å². The van der Waals surface area contributed by atoms with E-state index in [1.54, 1.807) is 0 Å². The topological polar surface area (TPSA) is 27.3 Å². The second-order valence-electron chi connectivity index (χ2n) is 6.01. The minimum atomic E-state index is 0.625. The van der Waals surface area contributed by atoms with Crippen LogP contribution < -0.4 is 15.5 Å². The zero-order chi connectivity index (χ0) is 16.1. The molecule has 1 fully saturated rings. The van der Waals surface area contributed by atoms with Crippen LogP contribution in [0.3, 0.4) is 0 Å². The molecule has 0 radical (unpaired) electrons. The van der Waals surface area contributed by atoms with Gasteiger partial charge < -0.3 is 15.5 Å². The van der Waals surface area contributed by atoms with Crippen LogP contribution in [-0.2, 0) is 0 Å². The quantitative estimate of drug-likeness (QED) is 0.793. The Labute approximate surface area is 143 Å². The third-order valence-corrected chi connectivity index (χ3v) is 4.33. The molecule has 0 aliphatic carbocycles. The maximum Gasteiger partial charge on any atom is 0.175 e. The molecule has 2 aromatic carbocycles. The van der Waals surface area contributed by atoms with Crippen molar-refractivity contribution in [2.45, 2.75) is 26.2 Å². The monoisotopic (exact) mass is 325 g/mol. The minimum Gasteiger partial charge on any atom is -0.370 e. The van der Waals surface area contributed by atoms with E-state index in [-0.39, 0.29) is 0 Å². The van der Waals surface area contributed by atoms with Gasteiger partial charge >= 0.3 is 0 Å². The Hall–Kier alpha value is -2.07. The Morgan fingerprint density at radius 3 is 2.52 bits per heavy atom. The van der Waals surface area contributed by atoms with Crippen molar-refractivity contribution < 1.29 is 0 Å². The van der Waals surface area contributed by atoms with Crippen LogP contribution in [0.25, 0.3) is 0 Å². The summed E-state index contributed by atoms with van der Waals surface area (Å²) >= 11 is 5.48. The molecule has 0 unspecified atom stereocenters. The summed E-state index contributed by atoms with van der Waals surface area (Å²) in [4.78, 5) is 2.45. The van der Waals surface area contributed by atoms with Gasteiger partial charge in [-0.25, -0.2) is 0 Å². The first kappa shape index (κ1) is 15.8. The Bertz CT molecular complexity index is 678. The molecule has 1 saturated heterocycles. The first-order valence-electron chi connectivity index (χ1n) is 8.21. The van der Waals surface area contributed by atoms with Crippen molar-refractivity contribution in [3.63, 3.8) is 0 Å². The summed E-state index contributed by atoms with van der Waals surface area (Å²) in [6.45, 7) is 4.32. The van der Waals surface area contributed by atoms with E-state index in [1.165, 1.54) is 30.5 Å². The fourth-order valence-corrected chi connectivity index (χ4v) is 3.23. The zero-order valence-corrected chi connectivity index (χ0v) is 14.3. The molecule has 2 aromatic rings. The molecule has 23 heavy (non-hydrogen) atoms. The van der Waals surface area contributed by atoms with Gasteiger partial charge in [-0.05, 0) is 68.2 Å². The van der Waals surface area contributed by atoms with Gasteiger partial charge in [-0.3, -0.25) is 0 Å². The van der Waals surface area contributed by atoms with Crippen molar-refractivity contribution in [2.75, 3.05) is 28.6 Å². The van der Waals surface area contributed by atoms with E-state index in [1.807, 2.05) is 18.2 Å². The number of rotatable bonds is 3. The van der Waals surface area contributed by atoms with Gasteiger partial charge in [0.15, 0.2) is 5.11 Å². The van der Waals surface area contributed by atoms with Crippen LogP contribution in [0.5, 0.6) is 0 Å². The minimum absolute atomic E-state index is 0.625. The maximum atomic E-state index is 5.48. The van der Waals surface area contributed by atoms with Gasteiger partial charge in [-0.2, -0.15) is 0 Å². The summed E-state index contributed by atoms with van der Waals surface area (Å²) in [6.07, 6.45) is 3.86. The lowest BCUT2D eigenvalue weighted by Gasteiger charge is -2.30. The normalized spacial score (nSPS) is 14.4. The fraction of sp³-hybridized carbons (Fsp3) is 0.316. The average molecular weight is 325 g/mol.